The van der Waals surface area contributed by atoms with Gasteiger partial charge in [-0.15, -0.1) is 0 Å². The number of phenols is 1. The highest BCUT2D eigenvalue weighted by Crippen LogP contribution is 2.35. The van der Waals surface area contributed by atoms with Crippen molar-refractivity contribution in [2.75, 3.05) is 0 Å². The number of fused-ring (bicyclic) bond motifs is 1. The fraction of sp³-hybridized carbons (Fsp3) is 0.391. The van der Waals surface area contributed by atoms with Gasteiger partial charge < -0.3 is 19.9 Å². The number of aromatic hydroxyl groups is 1. The number of aryl methyl sites for hydroxylation is 1. The second-order valence-electron chi connectivity index (χ2n) is 8.36. The van der Waals surface area contributed by atoms with Gasteiger partial charge in [0, 0.05) is 6.42 Å². The lowest BCUT2D eigenvalue weighted by atomic mass is 9.77. The molecule has 1 amide bonds. The van der Waals surface area contributed by atoms with Crippen LogP contribution in [0.5, 0.6) is 5.75 Å². The molecule has 0 radical (unpaired) electrons. The number of alkyl carbamates (subject to hydrolysis) is 1. The van der Waals surface area contributed by atoms with Crippen molar-refractivity contribution in [1.82, 2.24) is 5.32 Å². The van der Waals surface area contributed by atoms with Crippen LogP contribution in [0.2, 0.25) is 0 Å². The van der Waals surface area contributed by atoms with Crippen LogP contribution in [-0.2, 0) is 33.7 Å². The zero-order valence-corrected chi connectivity index (χ0v) is 17.0. The van der Waals surface area contributed by atoms with Gasteiger partial charge in [0.1, 0.15) is 23.5 Å². The third kappa shape index (κ3) is 5.08. The summed E-state index contributed by atoms with van der Waals surface area (Å²) in [7, 11) is 0. The lowest BCUT2D eigenvalue weighted by Gasteiger charge is -2.37. The molecule has 29 heavy (non-hydrogen) atoms. The molecular formula is C23H27NO5. The number of rotatable bonds is 4. The molecule has 0 aromatic heterocycles. The van der Waals surface area contributed by atoms with Gasteiger partial charge in [0.05, 0.1) is 0 Å². The number of phenolic OH excluding ortho intramolecular Hbond substituents is 1. The highest BCUT2D eigenvalue weighted by Gasteiger charge is 2.45. The predicted molar refractivity (Wildman–Crippen MR) is 108 cm³/mol. The largest absolute Gasteiger partial charge is 0.508 e. The molecule has 0 unspecified atom stereocenters. The molecule has 0 fully saturated rings. The maximum Gasteiger partial charge on any atom is 0.408 e. The van der Waals surface area contributed by atoms with Crippen molar-refractivity contribution in [3.05, 3.63) is 65.2 Å². The molecule has 1 aliphatic carbocycles. The Morgan fingerprint density at radius 1 is 1.10 bits per heavy atom. The normalized spacial score (nSPS) is 18.4. The van der Waals surface area contributed by atoms with Crippen molar-refractivity contribution < 1.29 is 24.2 Å². The van der Waals surface area contributed by atoms with E-state index in [2.05, 4.69) is 5.32 Å². The van der Waals surface area contributed by atoms with Crippen LogP contribution in [0.1, 0.15) is 43.9 Å². The Bertz CT molecular complexity index is 888. The first-order chi connectivity index (χ1) is 13.7. The SMILES string of the molecule is CC(C)(C)OC(=O)N[C@@]1(C(=O)OCc2ccccc2)CCc2cccc(O)c2C1. The molecular weight excluding hydrogens is 370 g/mol. The van der Waals surface area contributed by atoms with E-state index in [1.54, 1.807) is 32.9 Å². The van der Waals surface area contributed by atoms with Crippen molar-refractivity contribution in [1.29, 1.82) is 0 Å². The Balaban J connectivity index is 1.84. The van der Waals surface area contributed by atoms with Gasteiger partial charge in [-0.2, -0.15) is 0 Å². The van der Waals surface area contributed by atoms with E-state index in [0.717, 1.165) is 11.1 Å². The summed E-state index contributed by atoms with van der Waals surface area (Å²) in [4.78, 5) is 25.6. The van der Waals surface area contributed by atoms with E-state index in [9.17, 15) is 14.7 Å². The lowest BCUT2D eigenvalue weighted by Crippen LogP contribution is -2.59. The first-order valence-corrected chi connectivity index (χ1v) is 9.71. The maximum atomic E-state index is 13.1. The van der Waals surface area contributed by atoms with Crippen molar-refractivity contribution in [3.8, 4) is 5.75 Å². The molecule has 2 N–H and O–H groups in total. The predicted octanol–water partition coefficient (Wildman–Crippen LogP) is 3.89. The number of amides is 1. The Hall–Kier alpha value is -3.02. The average molecular weight is 397 g/mol. The minimum atomic E-state index is -1.30. The van der Waals surface area contributed by atoms with E-state index in [-0.39, 0.29) is 18.8 Å². The molecule has 2 aromatic carbocycles. The summed E-state index contributed by atoms with van der Waals surface area (Å²) >= 11 is 0. The number of esters is 1. The number of ether oxygens (including phenoxy) is 2. The van der Waals surface area contributed by atoms with Crippen LogP contribution in [0.25, 0.3) is 0 Å². The maximum absolute atomic E-state index is 13.1. The molecule has 0 spiro atoms. The van der Waals surface area contributed by atoms with E-state index in [1.165, 1.54) is 0 Å². The first-order valence-electron chi connectivity index (χ1n) is 9.71. The fourth-order valence-electron chi connectivity index (χ4n) is 3.49. The third-order valence-electron chi connectivity index (χ3n) is 4.89. The molecule has 3 rings (SSSR count). The number of carbonyl (C=O) groups is 2. The van der Waals surface area contributed by atoms with Crippen molar-refractivity contribution >= 4 is 12.1 Å². The van der Waals surface area contributed by atoms with Crippen molar-refractivity contribution in [2.24, 2.45) is 0 Å². The summed E-state index contributed by atoms with van der Waals surface area (Å²) in [5.41, 5.74) is 0.456. The van der Waals surface area contributed by atoms with Gasteiger partial charge in [0.2, 0.25) is 0 Å². The molecule has 0 heterocycles. The molecule has 6 heteroatoms. The number of hydrogen-bond donors (Lipinski definition) is 2. The van der Waals surface area contributed by atoms with Gasteiger partial charge in [-0.25, -0.2) is 9.59 Å². The second-order valence-corrected chi connectivity index (χ2v) is 8.36. The zero-order valence-electron chi connectivity index (χ0n) is 17.0. The summed E-state index contributed by atoms with van der Waals surface area (Å²) in [6.07, 6.45) is 0.339. The molecule has 2 aromatic rings. The molecule has 1 atom stereocenters. The highest BCUT2D eigenvalue weighted by molar-refractivity contribution is 5.87. The standard InChI is InChI=1S/C23H27NO5/c1-22(2,3)29-21(27)24-23(20(26)28-15-16-8-5-4-6-9-16)13-12-17-10-7-11-19(25)18(17)14-23/h4-11,25H,12-15H2,1-3H3,(H,24,27)/t23-/m0/s1. The Labute approximate surface area is 170 Å². The molecule has 6 nitrogen and oxygen atoms in total. The second kappa shape index (κ2) is 8.15. The van der Waals surface area contributed by atoms with Gasteiger partial charge in [0.25, 0.3) is 0 Å². The van der Waals surface area contributed by atoms with Crippen LogP contribution in [-0.4, -0.2) is 28.3 Å². The topological polar surface area (TPSA) is 84.9 Å². The lowest BCUT2D eigenvalue weighted by molar-refractivity contribution is -0.153. The average Bonchev–Trinajstić information content (AvgIpc) is 2.66. The summed E-state index contributed by atoms with van der Waals surface area (Å²) in [6, 6.07) is 14.6. The Morgan fingerprint density at radius 3 is 2.52 bits per heavy atom. The van der Waals surface area contributed by atoms with E-state index < -0.39 is 23.2 Å². The minimum absolute atomic E-state index is 0.102. The quantitative estimate of drug-likeness (QED) is 0.765. The molecule has 1 aliphatic rings. The molecule has 0 aliphatic heterocycles. The Kier molecular flexibility index (Phi) is 5.82. The van der Waals surface area contributed by atoms with Crippen LogP contribution < -0.4 is 5.32 Å². The van der Waals surface area contributed by atoms with E-state index in [0.29, 0.717) is 18.4 Å². The number of nitrogens with one attached hydrogen (secondary N) is 1. The van der Waals surface area contributed by atoms with Gasteiger partial charge in [-0.05, 0) is 56.4 Å². The Morgan fingerprint density at radius 2 is 1.83 bits per heavy atom. The first kappa shape index (κ1) is 20.7. The fourth-order valence-corrected chi connectivity index (χ4v) is 3.49. The van der Waals surface area contributed by atoms with E-state index in [1.807, 2.05) is 36.4 Å². The summed E-state index contributed by atoms with van der Waals surface area (Å²) < 4.78 is 10.9. The molecule has 0 saturated carbocycles. The summed E-state index contributed by atoms with van der Waals surface area (Å²) in [5, 5.41) is 13.0. The minimum Gasteiger partial charge on any atom is -0.508 e. The molecule has 154 valence electrons. The summed E-state index contributed by atoms with van der Waals surface area (Å²) in [6.45, 7) is 5.38. The highest BCUT2D eigenvalue weighted by atomic mass is 16.6. The van der Waals surface area contributed by atoms with Gasteiger partial charge in [-0.1, -0.05) is 42.5 Å². The van der Waals surface area contributed by atoms with Crippen molar-refractivity contribution in [2.45, 2.75) is 57.8 Å². The van der Waals surface area contributed by atoms with Crippen molar-refractivity contribution in [3.63, 3.8) is 0 Å². The third-order valence-corrected chi connectivity index (χ3v) is 4.89. The summed E-state index contributed by atoms with van der Waals surface area (Å²) in [5.74, 6) is -0.436. The van der Waals surface area contributed by atoms with Crippen LogP contribution in [0.4, 0.5) is 4.79 Å². The van der Waals surface area contributed by atoms with Gasteiger partial charge >= 0.3 is 12.1 Å². The smallest absolute Gasteiger partial charge is 0.408 e. The molecule has 0 saturated heterocycles. The van der Waals surface area contributed by atoms with Crippen LogP contribution in [0, 0.1) is 0 Å². The van der Waals surface area contributed by atoms with Crippen LogP contribution in [0.3, 0.4) is 0 Å². The van der Waals surface area contributed by atoms with Gasteiger partial charge in [0.15, 0.2) is 0 Å². The van der Waals surface area contributed by atoms with Crippen LogP contribution >= 0.6 is 0 Å². The van der Waals surface area contributed by atoms with Gasteiger partial charge in [-0.3, -0.25) is 0 Å². The van der Waals surface area contributed by atoms with Crippen LogP contribution in [0.15, 0.2) is 48.5 Å². The van der Waals surface area contributed by atoms with E-state index in [4.69, 9.17) is 9.47 Å². The number of hydrogen-bond acceptors (Lipinski definition) is 5. The number of benzene rings is 2. The number of carbonyl (C=O) groups excluding carboxylic acids is 2. The monoisotopic (exact) mass is 397 g/mol. The molecule has 0 bridgehead atoms. The van der Waals surface area contributed by atoms with E-state index >= 15 is 0 Å². The zero-order chi connectivity index (χ0) is 21.1.